The third-order valence-electron chi connectivity index (χ3n) is 2.22. The molecule has 0 spiro atoms. The number of nitrogens with one attached hydrogen (secondary N) is 1. The average molecular weight is 197 g/mol. The molecular formula is C8H11N3OS. The predicted molar refractivity (Wildman–Crippen MR) is 50.5 cm³/mol. The van der Waals surface area contributed by atoms with Crippen LogP contribution in [0.5, 0.6) is 0 Å². The van der Waals surface area contributed by atoms with Gasteiger partial charge >= 0.3 is 6.03 Å². The molecule has 3 N–H and O–H groups in total. The lowest BCUT2D eigenvalue weighted by Crippen LogP contribution is -2.38. The van der Waals surface area contributed by atoms with Gasteiger partial charge in [0.05, 0.1) is 16.2 Å². The molecule has 0 bridgehead atoms. The Balaban J connectivity index is 2.20. The van der Waals surface area contributed by atoms with E-state index in [-0.39, 0.29) is 5.54 Å². The van der Waals surface area contributed by atoms with Crippen molar-refractivity contribution in [1.82, 2.24) is 10.3 Å². The van der Waals surface area contributed by atoms with Gasteiger partial charge < -0.3 is 11.1 Å². The Morgan fingerprint density at radius 2 is 2.46 bits per heavy atom. The molecule has 0 unspecified atom stereocenters. The van der Waals surface area contributed by atoms with Gasteiger partial charge in [0.2, 0.25) is 0 Å². The lowest BCUT2D eigenvalue weighted by molar-refractivity contribution is 0.244. The van der Waals surface area contributed by atoms with Crippen molar-refractivity contribution in [2.75, 3.05) is 0 Å². The summed E-state index contributed by atoms with van der Waals surface area (Å²) in [5, 5.41) is 5.75. The van der Waals surface area contributed by atoms with Gasteiger partial charge in [-0.1, -0.05) is 0 Å². The number of aromatic nitrogens is 1. The third-order valence-corrected chi connectivity index (χ3v) is 3.00. The second kappa shape index (κ2) is 2.70. The van der Waals surface area contributed by atoms with Gasteiger partial charge in [-0.15, -0.1) is 11.3 Å². The summed E-state index contributed by atoms with van der Waals surface area (Å²) in [7, 11) is 0. The van der Waals surface area contributed by atoms with Crippen molar-refractivity contribution in [3.05, 3.63) is 16.1 Å². The highest BCUT2D eigenvalue weighted by Gasteiger charge is 2.47. The summed E-state index contributed by atoms with van der Waals surface area (Å²) in [5.41, 5.74) is 5.80. The van der Waals surface area contributed by atoms with Gasteiger partial charge in [-0.05, 0) is 19.8 Å². The van der Waals surface area contributed by atoms with Gasteiger partial charge in [0, 0.05) is 5.38 Å². The van der Waals surface area contributed by atoms with Gasteiger partial charge in [0.1, 0.15) is 0 Å². The maximum absolute atomic E-state index is 10.7. The quantitative estimate of drug-likeness (QED) is 0.745. The van der Waals surface area contributed by atoms with Crippen LogP contribution in [0.2, 0.25) is 0 Å². The minimum absolute atomic E-state index is 0.239. The Labute approximate surface area is 80.2 Å². The number of amides is 2. The maximum Gasteiger partial charge on any atom is 0.312 e. The smallest absolute Gasteiger partial charge is 0.312 e. The number of urea groups is 1. The van der Waals surface area contributed by atoms with Crippen LogP contribution < -0.4 is 11.1 Å². The number of aryl methyl sites for hydroxylation is 1. The van der Waals surface area contributed by atoms with Crippen LogP contribution in [0.4, 0.5) is 4.79 Å². The minimum atomic E-state index is -0.469. The van der Waals surface area contributed by atoms with Crippen LogP contribution in [0.3, 0.4) is 0 Å². The molecule has 1 aromatic rings. The molecule has 4 nitrogen and oxygen atoms in total. The number of nitrogens with zero attached hydrogens (tertiary/aromatic N) is 1. The SMILES string of the molecule is Cc1nc(C2(NC(N)=O)CC2)cs1. The van der Waals surface area contributed by atoms with Crippen LogP contribution in [0.15, 0.2) is 5.38 Å². The molecule has 1 aliphatic carbocycles. The van der Waals surface area contributed by atoms with Crippen molar-refractivity contribution in [3.63, 3.8) is 0 Å². The first-order valence-corrected chi connectivity index (χ1v) is 5.01. The highest BCUT2D eigenvalue weighted by atomic mass is 32.1. The van der Waals surface area contributed by atoms with Gasteiger partial charge in [0.15, 0.2) is 0 Å². The molecule has 1 aromatic heterocycles. The molecule has 0 aliphatic heterocycles. The summed E-state index contributed by atoms with van der Waals surface area (Å²) >= 11 is 1.60. The number of thiazole rings is 1. The predicted octanol–water partition coefficient (Wildman–Crippen LogP) is 1.11. The monoisotopic (exact) mass is 197 g/mol. The molecule has 70 valence electrons. The number of rotatable bonds is 2. The van der Waals surface area contributed by atoms with Crippen molar-refractivity contribution in [2.24, 2.45) is 5.73 Å². The Kier molecular flexibility index (Phi) is 1.76. The minimum Gasteiger partial charge on any atom is -0.352 e. The first-order valence-electron chi connectivity index (χ1n) is 4.13. The molecule has 1 heterocycles. The lowest BCUT2D eigenvalue weighted by atomic mass is 10.2. The van der Waals surface area contributed by atoms with E-state index in [0.717, 1.165) is 23.5 Å². The zero-order valence-corrected chi connectivity index (χ0v) is 8.15. The molecule has 2 rings (SSSR count). The molecule has 0 aromatic carbocycles. The molecule has 0 saturated heterocycles. The first kappa shape index (κ1) is 8.50. The second-order valence-electron chi connectivity index (χ2n) is 3.32. The fourth-order valence-electron chi connectivity index (χ4n) is 1.39. The van der Waals surface area contributed by atoms with E-state index in [0.29, 0.717) is 0 Å². The fraction of sp³-hybridized carbons (Fsp3) is 0.500. The van der Waals surface area contributed by atoms with Crippen molar-refractivity contribution in [1.29, 1.82) is 0 Å². The summed E-state index contributed by atoms with van der Waals surface area (Å²) in [5.74, 6) is 0. The summed E-state index contributed by atoms with van der Waals surface area (Å²) < 4.78 is 0. The molecule has 1 fully saturated rings. The summed E-state index contributed by atoms with van der Waals surface area (Å²) in [6.45, 7) is 1.95. The summed E-state index contributed by atoms with van der Waals surface area (Å²) in [4.78, 5) is 15.1. The zero-order chi connectivity index (χ0) is 9.47. The molecule has 1 saturated carbocycles. The van der Waals surface area contributed by atoms with Crippen LogP contribution in [0, 0.1) is 6.92 Å². The standard InChI is InChI=1S/C8H11N3OS/c1-5-10-6(4-13-5)8(2-3-8)11-7(9)12/h4H,2-3H2,1H3,(H3,9,11,12). The lowest BCUT2D eigenvalue weighted by Gasteiger charge is -2.12. The van der Waals surface area contributed by atoms with Crippen LogP contribution in [0.25, 0.3) is 0 Å². The number of hydrogen-bond donors (Lipinski definition) is 2. The van der Waals surface area contributed by atoms with Gasteiger partial charge in [-0.3, -0.25) is 0 Å². The third kappa shape index (κ3) is 1.51. The second-order valence-corrected chi connectivity index (χ2v) is 4.39. The number of carbonyl (C=O) groups excluding carboxylic acids is 1. The molecule has 0 atom stereocenters. The Hall–Kier alpha value is -1.10. The van der Waals surface area contributed by atoms with E-state index >= 15 is 0 Å². The molecule has 0 radical (unpaired) electrons. The van der Waals surface area contributed by atoms with E-state index < -0.39 is 6.03 Å². The molecule has 1 aliphatic rings. The number of primary amides is 1. The Morgan fingerprint density at radius 1 is 1.77 bits per heavy atom. The van der Waals surface area contributed by atoms with Crippen molar-refractivity contribution in [2.45, 2.75) is 25.3 Å². The number of carbonyl (C=O) groups is 1. The summed E-state index contributed by atoms with van der Waals surface area (Å²) in [6.07, 6.45) is 1.89. The molecule has 5 heteroatoms. The van der Waals surface area contributed by atoms with Crippen molar-refractivity contribution >= 4 is 17.4 Å². The topological polar surface area (TPSA) is 68.0 Å². The fourth-order valence-corrected chi connectivity index (χ4v) is 2.10. The molecule has 13 heavy (non-hydrogen) atoms. The van der Waals surface area contributed by atoms with Gasteiger partial charge in [0.25, 0.3) is 0 Å². The van der Waals surface area contributed by atoms with E-state index in [1.165, 1.54) is 0 Å². The van der Waals surface area contributed by atoms with Crippen LogP contribution in [-0.4, -0.2) is 11.0 Å². The first-order chi connectivity index (χ1) is 6.12. The number of nitrogens with two attached hydrogens (primary N) is 1. The van der Waals surface area contributed by atoms with E-state index in [1.54, 1.807) is 11.3 Å². The Bertz CT molecular complexity index is 343. The van der Waals surface area contributed by atoms with E-state index in [9.17, 15) is 4.79 Å². The van der Waals surface area contributed by atoms with Crippen LogP contribution in [-0.2, 0) is 5.54 Å². The van der Waals surface area contributed by atoms with Crippen LogP contribution >= 0.6 is 11.3 Å². The van der Waals surface area contributed by atoms with Crippen molar-refractivity contribution in [3.8, 4) is 0 Å². The van der Waals surface area contributed by atoms with Gasteiger partial charge in [-0.25, -0.2) is 9.78 Å². The maximum atomic E-state index is 10.7. The van der Waals surface area contributed by atoms with Crippen LogP contribution in [0.1, 0.15) is 23.5 Å². The Morgan fingerprint density at radius 3 is 2.85 bits per heavy atom. The van der Waals surface area contributed by atoms with Gasteiger partial charge in [-0.2, -0.15) is 0 Å². The summed E-state index contributed by atoms with van der Waals surface area (Å²) in [6, 6.07) is -0.469. The molecule has 2 amide bonds. The zero-order valence-electron chi connectivity index (χ0n) is 7.33. The average Bonchev–Trinajstić information content (AvgIpc) is 2.65. The highest BCUT2D eigenvalue weighted by Crippen LogP contribution is 2.45. The normalized spacial score (nSPS) is 18.2. The van der Waals surface area contributed by atoms with Crippen molar-refractivity contribution < 1.29 is 4.79 Å². The number of hydrogen-bond acceptors (Lipinski definition) is 3. The highest BCUT2D eigenvalue weighted by molar-refractivity contribution is 7.09. The molecular weight excluding hydrogens is 186 g/mol. The van der Waals surface area contributed by atoms with E-state index in [2.05, 4.69) is 10.3 Å². The van der Waals surface area contributed by atoms with E-state index in [1.807, 2.05) is 12.3 Å². The van der Waals surface area contributed by atoms with E-state index in [4.69, 9.17) is 5.73 Å². The largest absolute Gasteiger partial charge is 0.352 e.